The summed E-state index contributed by atoms with van der Waals surface area (Å²) in [6.07, 6.45) is 6.65. The highest BCUT2D eigenvalue weighted by atomic mass is 16.5. The van der Waals surface area contributed by atoms with Gasteiger partial charge < -0.3 is 25.2 Å². The van der Waals surface area contributed by atoms with Crippen LogP contribution in [0.5, 0.6) is 5.75 Å². The van der Waals surface area contributed by atoms with Crippen LogP contribution in [0, 0.1) is 6.92 Å². The highest BCUT2D eigenvalue weighted by Gasteiger charge is 2.42. The van der Waals surface area contributed by atoms with E-state index in [0.29, 0.717) is 23.2 Å². The molecule has 2 N–H and O–H groups in total. The summed E-state index contributed by atoms with van der Waals surface area (Å²) in [5.74, 6) is 1.55. The highest BCUT2D eigenvalue weighted by molar-refractivity contribution is 5.96. The van der Waals surface area contributed by atoms with Crippen LogP contribution in [-0.2, 0) is 0 Å². The maximum absolute atomic E-state index is 13.0. The number of rotatable bonds is 6. The predicted octanol–water partition coefficient (Wildman–Crippen LogP) is 2.76. The molecule has 2 unspecified atom stereocenters. The molecule has 3 saturated heterocycles. The lowest BCUT2D eigenvalue weighted by Gasteiger charge is -2.40. The van der Waals surface area contributed by atoms with Crippen LogP contribution < -0.4 is 20.3 Å². The monoisotopic (exact) mass is 477 g/mol. The molecule has 1 aromatic carbocycles. The molecule has 186 valence electrons. The van der Waals surface area contributed by atoms with E-state index >= 15 is 0 Å². The maximum Gasteiger partial charge on any atom is 0.253 e. The first kappa shape index (κ1) is 23.6. The van der Waals surface area contributed by atoms with Crippen molar-refractivity contribution in [3.63, 3.8) is 0 Å². The Labute approximate surface area is 207 Å². The number of likely N-dealkylation sites (N-methyl/N-ethyl adjacent to an activating group) is 1. The molecule has 5 rings (SSSR count). The predicted molar refractivity (Wildman–Crippen MR) is 135 cm³/mol. The van der Waals surface area contributed by atoms with Crippen LogP contribution >= 0.6 is 0 Å². The molecule has 0 aliphatic carbocycles. The largest absolute Gasteiger partial charge is 0.496 e. The number of anilines is 1. The Hall–Kier alpha value is -3.13. The summed E-state index contributed by atoms with van der Waals surface area (Å²) < 4.78 is 5.37. The zero-order chi connectivity index (χ0) is 24.5. The first-order valence-corrected chi connectivity index (χ1v) is 12.6. The van der Waals surface area contributed by atoms with Crippen LogP contribution in [0.4, 0.5) is 5.82 Å². The van der Waals surface area contributed by atoms with Gasteiger partial charge in [0, 0.05) is 48.0 Å². The van der Waals surface area contributed by atoms with E-state index in [1.54, 1.807) is 13.3 Å². The molecular formula is C27H35N5O3. The molecule has 3 aliphatic heterocycles. The van der Waals surface area contributed by atoms with Gasteiger partial charge >= 0.3 is 0 Å². The van der Waals surface area contributed by atoms with Gasteiger partial charge in [0.05, 0.1) is 12.7 Å². The van der Waals surface area contributed by atoms with E-state index < -0.39 is 0 Å². The van der Waals surface area contributed by atoms with Gasteiger partial charge in [0.2, 0.25) is 0 Å². The van der Waals surface area contributed by atoms with E-state index in [1.807, 2.05) is 37.3 Å². The fraction of sp³-hybridized carbons (Fsp3) is 0.519. The first-order valence-electron chi connectivity index (χ1n) is 12.6. The number of aromatic nitrogens is 1. The fourth-order valence-electron chi connectivity index (χ4n) is 6.01. The maximum atomic E-state index is 13.0. The number of methoxy groups -OCH3 is 1. The number of nitrogens with zero attached hydrogens (tertiary/aromatic N) is 3. The molecule has 8 heteroatoms. The molecule has 8 nitrogen and oxygen atoms in total. The van der Waals surface area contributed by atoms with Gasteiger partial charge in [-0.2, -0.15) is 0 Å². The number of ether oxygens (including phenoxy) is 1. The molecule has 0 saturated carbocycles. The summed E-state index contributed by atoms with van der Waals surface area (Å²) in [5.41, 5.74) is 2.13. The van der Waals surface area contributed by atoms with Crippen molar-refractivity contribution in [1.82, 2.24) is 20.5 Å². The van der Waals surface area contributed by atoms with Crippen molar-refractivity contribution in [1.29, 1.82) is 0 Å². The Bertz CT molecular complexity index is 1070. The number of likely N-dealkylation sites (tertiary alicyclic amines) is 1. The minimum Gasteiger partial charge on any atom is -0.496 e. The molecule has 1 aromatic heterocycles. The van der Waals surface area contributed by atoms with Crippen molar-refractivity contribution < 1.29 is 14.3 Å². The molecule has 0 spiro atoms. The fourth-order valence-corrected chi connectivity index (χ4v) is 6.01. The minimum atomic E-state index is -0.0541. The summed E-state index contributed by atoms with van der Waals surface area (Å²) in [4.78, 5) is 34.9. The molecule has 0 radical (unpaired) electrons. The zero-order valence-electron chi connectivity index (χ0n) is 20.8. The van der Waals surface area contributed by atoms with E-state index in [4.69, 9.17) is 4.74 Å². The second kappa shape index (κ2) is 9.85. The number of carbonyl (C=O) groups is 2. The van der Waals surface area contributed by atoms with E-state index in [1.165, 1.54) is 0 Å². The van der Waals surface area contributed by atoms with Gasteiger partial charge in [-0.1, -0.05) is 6.07 Å². The number of hydrogen-bond acceptors (Lipinski definition) is 6. The number of piperidine rings is 1. The van der Waals surface area contributed by atoms with Gasteiger partial charge in [0.1, 0.15) is 11.6 Å². The molecule has 3 fully saturated rings. The number of fused-ring (bicyclic) bond motifs is 2. The number of amides is 2. The average Bonchev–Trinajstić information content (AvgIpc) is 3.38. The van der Waals surface area contributed by atoms with Gasteiger partial charge in [0.15, 0.2) is 0 Å². The summed E-state index contributed by atoms with van der Waals surface area (Å²) in [5, 5.41) is 6.38. The molecule has 3 atom stereocenters. The van der Waals surface area contributed by atoms with Crippen LogP contribution in [0.3, 0.4) is 0 Å². The Morgan fingerprint density at radius 1 is 1.00 bits per heavy atom. The van der Waals surface area contributed by atoms with Gasteiger partial charge in [-0.3, -0.25) is 9.59 Å². The summed E-state index contributed by atoms with van der Waals surface area (Å²) in [6, 6.07) is 10.5. The SMILES string of the molecule is COc1cccc(C(=O)NC2CC3CCC(C2)N3c2ccc(C(=O)N[C@H]3CCN(C)C3)cn2)c1C. The van der Waals surface area contributed by atoms with Gasteiger partial charge in [0.25, 0.3) is 11.8 Å². The Kier molecular flexibility index (Phi) is 6.65. The molecule has 2 amide bonds. The van der Waals surface area contributed by atoms with Crippen molar-refractivity contribution in [2.24, 2.45) is 0 Å². The van der Waals surface area contributed by atoms with Crippen LogP contribution in [0.1, 0.15) is 58.4 Å². The van der Waals surface area contributed by atoms with Crippen molar-refractivity contribution in [3.8, 4) is 5.75 Å². The quantitative estimate of drug-likeness (QED) is 0.666. The van der Waals surface area contributed by atoms with Gasteiger partial charge in [-0.15, -0.1) is 0 Å². The third-order valence-electron chi connectivity index (χ3n) is 7.82. The number of hydrogen-bond donors (Lipinski definition) is 2. The normalized spacial score (nSPS) is 26.0. The van der Waals surface area contributed by atoms with E-state index in [9.17, 15) is 9.59 Å². The molecule has 35 heavy (non-hydrogen) atoms. The molecular weight excluding hydrogens is 442 g/mol. The lowest BCUT2D eigenvalue weighted by Crippen LogP contribution is -2.50. The van der Waals surface area contributed by atoms with E-state index in [-0.39, 0.29) is 23.9 Å². The number of pyridine rings is 1. The summed E-state index contributed by atoms with van der Waals surface area (Å²) in [6.45, 7) is 3.83. The lowest BCUT2D eigenvalue weighted by atomic mass is 9.96. The molecule has 4 heterocycles. The summed E-state index contributed by atoms with van der Waals surface area (Å²) >= 11 is 0. The highest BCUT2D eigenvalue weighted by Crippen LogP contribution is 2.38. The number of carbonyl (C=O) groups excluding carboxylic acids is 2. The van der Waals surface area contributed by atoms with Gasteiger partial charge in [-0.25, -0.2) is 4.98 Å². The molecule has 2 aromatic rings. The smallest absolute Gasteiger partial charge is 0.253 e. The Balaban J connectivity index is 1.21. The van der Waals surface area contributed by atoms with Crippen molar-refractivity contribution in [2.45, 2.75) is 63.2 Å². The van der Waals surface area contributed by atoms with Crippen LogP contribution in [0.15, 0.2) is 36.5 Å². The van der Waals surface area contributed by atoms with Crippen molar-refractivity contribution >= 4 is 17.6 Å². The number of benzene rings is 1. The third kappa shape index (κ3) is 4.85. The second-order valence-corrected chi connectivity index (χ2v) is 10.2. The van der Waals surface area contributed by atoms with Crippen LogP contribution in [-0.4, -0.2) is 73.1 Å². The van der Waals surface area contributed by atoms with Gasteiger partial charge in [-0.05, 0) is 76.9 Å². The number of nitrogens with one attached hydrogen (secondary N) is 2. The molecule has 3 aliphatic rings. The average molecular weight is 478 g/mol. The van der Waals surface area contributed by atoms with Crippen LogP contribution in [0.2, 0.25) is 0 Å². The van der Waals surface area contributed by atoms with E-state index in [0.717, 1.165) is 62.3 Å². The van der Waals surface area contributed by atoms with Crippen molar-refractivity contribution in [2.75, 3.05) is 32.1 Å². The summed E-state index contributed by atoms with van der Waals surface area (Å²) in [7, 11) is 3.70. The minimum absolute atomic E-state index is 0.0406. The van der Waals surface area contributed by atoms with E-state index in [2.05, 4.69) is 32.5 Å². The molecule has 2 bridgehead atoms. The lowest BCUT2D eigenvalue weighted by molar-refractivity contribution is 0.0922. The first-order chi connectivity index (χ1) is 16.9. The second-order valence-electron chi connectivity index (χ2n) is 10.2. The zero-order valence-corrected chi connectivity index (χ0v) is 20.8. The standard InChI is InChI=1S/C27H35N5O3/c1-17-23(5-4-6-24(17)35-3)27(34)30-20-13-21-8-9-22(14-20)32(21)25-10-7-18(15-28-25)26(33)29-19-11-12-31(2)16-19/h4-7,10,15,19-22H,8-9,11-14,16H2,1-3H3,(H,29,33)(H,30,34)/t19-,20?,21?,22?/m0/s1. The Morgan fingerprint density at radius 2 is 1.74 bits per heavy atom. The van der Waals surface area contributed by atoms with Crippen LogP contribution in [0.25, 0.3) is 0 Å². The topological polar surface area (TPSA) is 86.8 Å². The third-order valence-corrected chi connectivity index (χ3v) is 7.82. The van der Waals surface area contributed by atoms with Crippen molar-refractivity contribution in [3.05, 3.63) is 53.2 Å². The Morgan fingerprint density at radius 3 is 2.37 bits per heavy atom.